The van der Waals surface area contributed by atoms with E-state index >= 15 is 4.79 Å². The molecule has 13 nitrogen and oxygen atoms in total. The summed E-state index contributed by atoms with van der Waals surface area (Å²) >= 11 is 0. The lowest BCUT2D eigenvalue weighted by Gasteiger charge is -2.60. The summed E-state index contributed by atoms with van der Waals surface area (Å²) in [4.78, 5) is 36.4. The van der Waals surface area contributed by atoms with Gasteiger partial charge in [-0.1, -0.05) is 159 Å². The summed E-state index contributed by atoms with van der Waals surface area (Å²) in [6.45, 7) is 9.86. The van der Waals surface area contributed by atoms with Gasteiger partial charge in [-0.2, -0.15) is 0 Å². The van der Waals surface area contributed by atoms with E-state index in [9.17, 15) is 15.0 Å². The van der Waals surface area contributed by atoms with Gasteiger partial charge in [-0.25, -0.2) is 4.79 Å². The third kappa shape index (κ3) is 16.5. The summed E-state index contributed by atoms with van der Waals surface area (Å²) in [6, 6.07) is 10.8. The number of ether oxygens (including phenoxy) is 5. The fourth-order valence-electron chi connectivity index (χ4n) is 12.1. The second kappa shape index (κ2) is 32.1. The molecular formula is C61H93N3O10. The summed E-state index contributed by atoms with van der Waals surface area (Å²) < 4.78 is 32.3. The average molecular weight is 1030 g/mol. The minimum absolute atomic E-state index is 0.00270. The molecule has 6 rings (SSSR count). The number of nitrogens with one attached hydrogen (secondary N) is 1. The number of amides is 2. The quantitative estimate of drug-likeness (QED) is 0.0338. The molecule has 74 heavy (non-hydrogen) atoms. The number of rotatable bonds is 37. The lowest BCUT2D eigenvalue weighted by atomic mass is 9.55. The van der Waals surface area contributed by atoms with E-state index in [1.54, 1.807) is 19.3 Å². The first-order valence-corrected chi connectivity index (χ1v) is 29.1. The molecule has 0 unspecified atom stereocenters. The van der Waals surface area contributed by atoms with E-state index in [0.29, 0.717) is 55.2 Å². The number of benzene rings is 2. The molecule has 6 atom stereocenters. The monoisotopic (exact) mass is 1030 g/mol. The van der Waals surface area contributed by atoms with Crippen LogP contribution in [0.25, 0.3) is 0 Å². The minimum atomic E-state index is -1.42. The van der Waals surface area contributed by atoms with E-state index in [1.165, 1.54) is 83.5 Å². The molecule has 0 spiro atoms. The normalized spacial score (nSPS) is 21.8. The summed E-state index contributed by atoms with van der Waals surface area (Å²) in [7, 11) is 1.56. The van der Waals surface area contributed by atoms with Gasteiger partial charge in [-0.15, -0.1) is 6.58 Å². The van der Waals surface area contributed by atoms with E-state index in [-0.39, 0.29) is 56.8 Å². The number of nitrogens with zero attached hydrogens (tertiary/aromatic N) is 2. The molecule has 1 saturated carbocycles. The Balaban J connectivity index is 1.36. The lowest BCUT2D eigenvalue weighted by molar-refractivity contribution is -0.258. The number of fused-ring (bicyclic) bond motifs is 3. The van der Waals surface area contributed by atoms with E-state index in [2.05, 4.69) is 31.8 Å². The van der Waals surface area contributed by atoms with Crippen molar-refractivity contribution in [3.63, 3.8) is 0 Å². The molecule has 2 aliphatic carbocycles. The Bertz CT molecular complexity index is 2080. The van der Waals surface area contributed by atoms with E-state index in [1.807, 2.05) is 35.2 Å². The van der Waals surface area contributed by atoms with Crippen molar-refractivity contribution in [1.82, 2.24) is 10.2 Å². The molecule has 0 radical (unpaired) electrons. The Labute approximate surface area is 444 Å². The lowest BCUT2D eigenvalue weighted by Crippen LogP contribution is -2.70. The highest BCUT2D eigenvalue weighted by Gasteiger charge is 2.65. The number of carbonyl (C=O) groups excluding carboxylic acids is 2. The van der Waals surface area contributed by atoms with Crippen LogP contribution in [0, 0.1) is 17.8 Å². The Morgan fingerprint density at radius 2 is 1.42 bits per heavy atom. The van der Waals surface area contributed by atoms with Gasteiger partial charge in [0.25, 0.3) is 0 Å². The van der Waals surface area contributed by atoms with E-state index in [4.69, 9.17) is 33.7 Å². The van der Waals surface area contributed by atoms with Gasteiger partial charge in [0.1, 0.15) is 24.7 Å². The van der Waals surface area contributed by atoms with Crippen molar-refractivity contribution < 1.29 is 48.3 Å². The molecule has 4 aliphatic rings. The average Bonchev–Trinajstić information content (AvgIpc) is 3.88. The van der Waals surface area contributed by atoms with Crippen LogP contribution in [0.5, 0.6) is 23.0 Å². The van der Waals surface area contributed by atoms with Crippen molar-refractivity contribution in [1.29, 1.82) is 0 Å². The number of allylic oxidation sites excluding steroid dienone is 1. The van der Waals surface area contributed by atoms with Crippen LogP contribution in [-0.4, -0.2) is 84.9 Å². The Morgan fingerprint density at radius 3 is 2.08 bits per heavy atom. The molecule has 13 heteroatoms. The molecule has 2 heterocycles. The smallest absolute Gasteiger partial charge is 0.412 e. The van der Waals surface area contributed by atoms with Crippen LogP contribution in [0.4, 0.5) is 4.79 Å². The number of oxime groups is 1. The van der Waals surface area contributed by atoms with Gasteiger partial charge in [-0.05, 0) is 91.8 Å². The summed E-state index contributed by atoms with van der Waals surface area (Å²) in [5.41, 5.74) is 3.45. The number of hydrogen-bond acceptors (Lipinski definition) is 11. The van der Waals surface area contributed by atoms with Crippen LogP contribution >= 0.6 is 0 Å². The fraction of sp³-hybridized carbons (Fsp3) is 0.689. The highest BCUT2D eigenvalue weighted by molar-refractivity contribution is 6.03. The molecule has 3 N–H and O–H groups in total. The van der Waals surface area contributed by atoms with Crippen molar-refractivity contribution in [2.75, 3.05) is 40.3 Å². The molecule has 2 aromatic carbocycles. The van der Waals surface area contributed by atoms with Crippen molar-refractivity contribution in [3.8, 4) is 23.0 Å². The van der Waals surface area contributed by atoms with Gasteiger partial charge in [0.2, 0.25) is 18.5 Å². The maximum atomic E-state index is 15.3. The highest BCUT2D eigenvalue weighted by Crippen LogP contribution is 2.62. The third-order valence-corrected chi connectivity index (χ3v) is 15.8. The first-order chi connectivity index (χ1) is 36.3. The van der Waals surface area contributed by atoms with Crippen molar-refractivity contribution in [3.05, 3.63) is 71.8 Å². The van der Waals surface area contributed by atoms with Gasteiger partial charge in [0, 0.05) is 50.6 Å². The second-order valence-corrected chi connectivity index (χ2v) is 21.2. The molecule has 2 amide bonds. The molecule has 2 aromatic rings. The number of aliphatic hydroxyl groups excluding tert-OH is 2. The molecule has 2 aliphatic heterocycles. The summed E-state index contributed by atoms with van der Waals surface area (Å²) in [6.07, 6.45) is 31.1. The largest absolute Gasteiger partial charge is 0.459 e. The molecule has 0 aromatic heterocycles. The first kappa shape index (κ1) is 58.7. The molecular weight excluding hydrogens is 935 g/mol. The second-order valence-electron chi connectivity index (χ2n) is 21.2. The first-order valence-electron chi connectivity index (χ1n) is 29.1. The predicted molar refractivity (Wildman–Crippen MR) is 293 cm³/mol. The maximum Gasteiger partial charge on any atom is 0.412 e. The van der Waals surface area contributed by atoms with Crippen molar-refractivity contribution in [2.45, 2.75) is 212 Å². The maximum absolute atomic E-state index is 15.3. The van der Waals surface area contributed by atoms with E-state index in [0.717, 1.165) is 86.6 Å². The van der Waals surface area contributed by atoms with Crippen molar-refractivity contribution >= 4 is 17.7 Å². The number of aliphatic hydroxyl groups is 2. The fourth-order valence-corrected chi connectivity index (χ4v) is 12.1. The third-order valence-electron chi connectivity index (χ3n) is 15.8. The molecule has 0 bridgehead atoms. The predicted octanol–water partition coefficient (Wildman–Crippen LogP) is 13.6. The van der Waals surface area contributed by atoms with Gasteiger partial charge >= 0.3 is 6.09 Å². The van der Waals surface area contributed by atoms with Crippen LogP contribution in [0.15, 0.2) is 65.9 Å². The van der Waals surface area contributed by atoms with Crippen LogP contribution in [-0.2, 0) is 20.9 Å². The van der Waals surface area contributed by atoms with Crippen LogP contribution < -0.4 is 24.3 Å². The SMILES string of the molecule is C=CCO[C@@]12Oc3ccc(OC(=O)NCCCCCCCCCCCC)cc3[C@H]3[C@H](CCCCO)[C@@H](CCCCO)C=C(C(=NOC)C[C@@H]1N(Cc1ccc4c(c1)OCO4)C(=O)CCCCCCCCCCC)[C@H]32. The van der Waals surface area contributed by atoms with Gasteiger partial charge in [0.05, 0.1) is 18.2 Å². The zero-order valence-electron chi connectivity index (χ0n) is 45.6. The molecule has 412 valence electrons. The standard InChI is InChI=1S/C61H93N3O10/c1-5-8-10-12-14-16-18-20-22-26-36-62-60(68)73-48-33-35-53-51(42-48)58-49(30-25-28-38-66)47(29-24-27-37-65)41-50-52(63-69-4)43-56(61(74-53,59(50)58)72-39-7-3)64(44-46-32-34-54-55(40-46)71-45-70-54)57(67)31-23-21-19-17-15-13-11-9-6-2/h7,32-35,40-42,47,49,56,58-59,65-66H,3,5-6,8-31,36-39,43-45H2,1-2,4H3,(H,62,68)/t47-,49+,56-,58+,59+,61+/m0/s1. The Hall–Kier alpha value is -4.59. The zero-order valence-corrected chi connectivity index (χ0v) is 45.6. The molecule has 1 fully saturated rings. The number of unbranched alkanes of at least 4 members (excludes halogenated alkanes) is 19. The zero-order chi connectivity index (χ0) is 52.4. The van der Waals surface area contributed by atoms with E-state index < -0.39 is 23.8 Å². The van der Waals surface area contributed by atoms with Gasteiger partial charge < -0.3 is 49.0 Å². The highest BCUT2D eigenvalue weighted by atomic mass is 16.7. The topological polar surface area (TPSA) is 158 Å². The van der Waals surface area contributed by atoms with Gasteiger partial charge in [-0.3, -0.25) is 4.79 Å². The van der Waals surface area contributed by atoms with Gasteiger partial charge in [0.15, 0.2) is 11.5 Å². The minimum Gasteiger partial charge on any atom is -0.459 e. The van der Waals surface area contributed by atoms with Crippen LogP contribution in [0.2, 0.25) is 0 Å². The van der Waals surface area contributed by atoms with Crippen molar-refractivity contribution in [2.24, 2.45) is 22.9 Å². The van der Waals surface area contributed by atoms with Crippen LogP contribution in [0.3, 0.4) is 0 Å². The molecule has 0 saturated heterocycles. The number of carbonyl (C=O) groups is 2. The summed E-state index contributed by atoms with van der Waals surface area (Å²) in [5.74, 6) is 0.224. The Kier molecular flexibility index (Phi) is 25.4. The number of hydrogen-bond donors (Lipinski definition) is 3. The summed E-state index contributed by atoms with van der Waals surface area (Å²) in [5, 5.41) is 27.8. The Morgan fingerprint density at radius 1 is 0.784 bits per heavy atom. The van der Waals surface area contributed by atoms with Crippen LogP contribution in [0.1, 0.15) is 204 Å².